The molecular formula is C12H23N3O2. The molecule has 1 saturated heterocycles. The summed E-state index contributed by atoms with van der Waals surface area (Å²) < 4.78 is 0. The van der Waals surface area contributed by atoms with Crippen LogP contribution in [-0.4, -0.2) is 61.4 Å². The normalized spacial score (nSPS) is 16.5. The van der Waals surface area contributed by atoms with Crippen LogP contribution >= 0.6 is 0 Å². The van der Waals surface area contributed by atoms with E-state index in [1.165, 1.54) is 0 Å². The zero-order chi connectivity index (χ0) is 12.8. The molecule has 1 aliphatic rings. The molecule has 1 rings (SSSR count). The van der Waals surface area contributed by atoms with E-state index < -0.39 is 0 Å². The molecule has 0 bridgehead atoms. The zero-order valence-electron chi connectivity index (χ0n) is 11.0. The summed E-state index contributed by atoms with van der Waals surface area (Å²) in [4.78, 5) is 27.2. The monoisotopic (exact) mass is 241 g/mol. The molecule has 5 heteroatoms. The molecule has 1 heterocycles. The van der Waals surface area contributed by atoms with Gasteiger partial charge in [0.15, 0.2) is 0 Å². The van der Waals surface area contributed by atoms with Gasteiger partial charge in [-0.25, -0.2) is 0 Å². The summed E-state index contributed by atoms with van der Waals surface area (Å²) in [6.45, 7) is 7.20. The fraction of sp³-hybridized carbons (Fsp3) is 0.833. The lowest BCUT2D eigenvalue weighted by Crippen LogP contribution is -2.51. The second-order valence-electron chi connectivity index (χ2n) is 4.71. The fourth-order valence-corrected chi connectivity index (χ4v) is 1.93. The summed E-state index contributed by atoms with van der Waals surface area (Å²) in [6, 6.07) is 0. The first-order valence-corrected chi connectivity index (χ1v) is 6.27. The van der Waals surface area contributed by atoms with Gasteiger partial charge in [0.25, 0.3) is 0 Å². The van der Waals surface area contributed by atoms with E-state index in [4.69, 9.17) is 0 Å². The van der Waals surface area contributed by atoms with Crippen molar-refractivity contribution in [1.82, 2.24) is 15.1 Å². The van der Waals surface area contributed by atoms with E-state index in [1.807, 2.05) is 30.7 Å². The lowest BCUT2D eigenvalue weighted by molar-refractivity contribution is -0.141. The van der Waals surface area contributed by atoms with Gasteiger partial charge in [0.2, 0.25) is 11.8 Å². The summed E-state index contributed by atoms with van der Waals surface area (Å²) in [7, 11) is 1.84. The van der Waals surface area contributed by atoms with Crippen LogP contribution in [0.3, 0.4) is 0 Å². The van der Waals surface area contributed by atoms with Gasteiger partial charge < -0.3 is 15.1 Å². The number of nitrogens with one attached hydrogen (secondary N) is 1. The summed E-state index contributed by atoms with van der Waals surface area (Å²) >= 11 is 0. The van der Waals surface area contributed by atoms with Crippen molar-refractivity contribution >= 4 is 11.8 Å². The van der Waals surface area contributed by atoms with E-state index in [9.17, 15) is 9.59 Å². The largest absolute Gasteiger partial charge is 0.339 e. The van der Waals surface area contributed by atoms with Crippen molar-refractivity contribution in [3.63, 3.8) is 0 Å². The average molecular weight is 241 g/mol. The van der Waals surface area contributed by atoms with Crippen molar-refractivity contribution in [2.45, 2.75) is 20.3 Å². The second kappa shape index (κ2) is 6.59. The Morgan fingerprint density at radius 1 is 1.12 bits per heavy atom. The van der Waals surface area contributed by atoms with Crippen LogP contribution in [0.15, 0.2) is 0 Å². The Bertz CT molecular complexity index is 271. The molecule has 0 spiro atoms. The molecule has 0 aromatic carbocycles. The highest BCUT2D eigenvalue weighted by Crippen LogP contribution is 2.07. The highest BCUT2D eigenvalue weighted by molar-refractivity contribution is 5.79. The van der Waals surface area contributed by atoms with Gasteiger partial charge in [-0.2, -0.15) is 0 Å². The molecule has 5 nitrogen and oxygen atoms in total. The Balaban J connectivity index is 2.35. The third kappa shape index (κ3) is 4.00. The Labute approximate surface area is 103 Å². The van der Waals surface area contributed by atoms with Gasteiger partial charge in [-0.3, -0.25) is 9.59 Å². The number of carbonyl (C=O) groups is 2. The number of hydrogen-bond donors (Lipinski definition) is 1. The third-order valence-electron chi connectivity index (χ3n) is 3.03. The number of piperazine rings is 1. The summed E-state index contributed by atoms with van der Waals surface area (Å²) in [5, 5.41) is 2.97. The van der Waals surface area contributed by atoms with Gasteiger partial charge in [0.05, 0.1) is 0 Å². The van der Waals surface area contributed by atoms with Crippen LogP contribution in [0.4, 0.5) is 0 Å². The van der Waals surface area contributed by atoms with Gasteiger partial charge >= 0.3 is 0 Å². The summed E-state index contributed by atoms with van der Waals surface area (Å²) in [5.74, 6) is 0.407. The standard InChI is InChI=1S/C12H23N3O2/c1-10(2)12(17)15-8-6-14(7-9-15)11(16)4-5-13-3/h10,13H,4-9H2,1-3H3. The molecule has 0 aliphatic carbocycles. The maximum absolute atomic E-state index is 11.8. The average Bonchev–Trinajstić information content (AvgIpc) is 2.35. The first-order chi connectivity index (χ1) is 8.06. The third-order valence-corrected chi connectivity index (χ3v) is 3.03. The number of hydrogen-bond acceptors (Lipinski definition) is 3. The van der Waals surface area contributed by atoms with Crippen molar-refractivity contribution in [2.24, 2.45) is 5.92 Å². The van der Waals surface area contributed by atoms with E-state index >= 15 is 0 Å². The molecule has 98 valence electrons. The molecule has 0 aromatic heterocycles. The summed E-state index contributed by atoms with van der Waals surface area (Å²) in [6.07, 6.45) is 0.536. The van der Waals surface area contributed by atoms with Crippen molar-refractivity contribution < 1.29 is 9.59 Å². The molecule has 17 heavy (non-hydrogen) atoms. The molecule has 2 amide bonds. The van der Waals surface area contributed by atoms with E-state index in [1.54, 1.807) is 0 Å². The maximum Gasteiger partial charge on any atom is 0.225 e. The first kappa shape index (κ1) is 14.0. The molecule has 1 N–H and O–H groups in total. The van der Waals surface area contributed by atoms with Crippen molar-refractivity contribution in [3.05, 3.63) is 0 Å². The molecular weight excluding hydrogens is 218 g/mol. The quantitative estimate of drug-likeness (QED) is 0.749. The fourth-order valence-electron chi connectivity index (χ4n) is 1.93. The minimum Gasteiger partial charge on any atom is -0.339 e. The molecule has 0 unspecified atom stereocenters. The zero-order valence-corrected chi connectivity index (χ0v) is 11.0. The van der Waals surface area contributed by atoms with Crippen molar-refractivity contribution in [3.8, 4) is 0 Å². The maximum atomic E-state index is 11.8. The Morgan fingerprint density at radius 2 is 1.65 bits per heavy atom. The van der Waals surface area contributed by atoms with Crippen LogP contribution in [0.2, 0.25) is 0 Å². The number of rotatable bonds is 4. The summed E-state index contributed by atoms with van der Waals surface area (Å²) in [5.41, 5.74) is 0. The molecule has 1 aliphatic heterocycles. The molecule has 0 saturated carbocycles. The van der Waals surface area contributed by atoms with Crippen LogP contribution in [0.25, 0.3) is 0 Å². The predicted octanol–water partition coefficient (Wildman–Crippen LogP) is -0.0773. The van der Waals surface area contributed by atoms with Gasteiger partial charge in [0.1, 0.15) is 0 Å². The van der Waals surface area contributed by atoms with Gasteiger partial charge in [-0.05, 0) is 7.05 Å². The van der Waals surface area contributed by atoms with E-state index in [0.29, 0.717) is 39.1 Å². The Kier molecular flexibility index (Phi) is 5.41. The molecule has 0 radical (unpaired) electrons. The highest BCUT2D eigenvalue weighted by atomic mass is 16.2. The minimum absolute atomic E-state index is 0.0431. The van der Waals surface area contributed by atoms with Gasteiger partial charge in [-0.1, -0.05) is 13.8 Å². The Morgan fingerprint density at radius 3 is 2.12 bits per heavy atom. The SMILES string of the molecule is CNCCC(=O)N1CCN(C(=O)C(C)C)CC1. The van der Waals surface area contributed by atoms with Crippen LogP contribution in [0, 0.1) is 5.92 Å². The second-order valence-corrected chi connectivity index (χ2v) is 4.71. The van der Waals surface area contributed by atoms with E-state index in [0.717, 1.165) is 0 Å². The van der Waals surface area contributed by atoms with Crippen LogP contribution in [0.5, 0.6) is 0 Å². The van der Waals surface area contributed by atoms with Crippen LogP contribution in [-0.2, 0) is 9.59 Å². The minimum atomic E-state index is 0.0431. The Hall–Kier alpha value is -1.10. The first-order valence-electron chi connectivity index (χ1n) is 6.27. The number of amides is 2. The van der Waals surface area contributed by atoms with Crippen LogP contribution in [0.1, 0.15) is 20.3 Å². The van der Waals surface area contributed by atoms with E-state index in [2.05, 4.69) is 5.32 Å². The number of carbonyl (C=O) groups excluding carboxylic acids is 2. The van der Waals surface area contributed by atoms with Crippen molar-refractivity contribution in [1.29, 1.82) is 0 Å². The topological polar surface area (TPSA) is 52.7 Å². The predicted molar refractivity (Wildman–Crippen MR) is 66.5 cm³/mol. The molecule has 0 atom stereocenters. The lowest BCUT2D eigenvalue weighted by atomic mass is 10.1. The van der Waals surface area contributed by atoms with Gasteiger partial charge in [0, 0.05) is 45.1 Å². The van der Waals surface area contributed by atoms with Gasteiger partial charge in [-0.15, -0.1) is 0 Å². The smallest absolute Gasteiger partial charge is 0.225 e. The van der Waals surface area contributed by atoms with Crippen LogP contribution < -0.4 is 5.32 Å². The highest BCUT2D eigenvalue weighted by Gasteiger charge is 2.24. The van der Waals surface area contributed by atoms with E-state index in [-0.39, 0.29) is 17.7 Å². The lowest BCUT2D eigenvalue weighted by Gasteiger charge is -2.35. The number of nitrogens with zero attached hydrogens (tertiary/aromatic N) is 2. The molecule has 0 aromatic rings. The van der Waals surface area contributed by atoms with Crippen molar-refractivity contribution in [2.75, 3.05) is 39.8 Å². The molecule has 1 fully saturated rings.